The van der Waals surface area contributed by atoms with E-state index in [4.69, 9.17) is 5.26 Å². The molecule has 33 heavy (non-hydrogen) atoms. The van der Waals surface area contributed by atoms with Crippen LogP contribution in [0, 0.1) is 29.1 Å². The first-order chi connectivity index (χ1) is 16.2. The fourth-order valence-corrected chi connectivity index (χ4v) is 6.02. The SMILES string of the molecule is C=C(C1CCC(/C=C/C=C/C#N)CC1)C1CCC(c2ccc(CCCCCCC)cc2)CC1. The number of hydrogen-bond donors (Lipinski definition) is 0. The van der Waals surface area contributed by atoms with Crippen molar-refractivity contribution >= 4 is 0 Å². The molecule has 0 spiro atoms. The largest absolute Gasteiger partial charge is 0.193 e. The summed E-state index contributed by atoms with van der Waals surface area (Å²) in [7, 11) is 0. The summed E-state index contributed by atoms with van der Waals surface area (Å²) in [5, 5.41) is 8.58. The molecular weight excluding hydrogens is 398 g/mol. The quantitative estimate of drug-likeness (QED) is 0.144. The second-order valence-electron chi connectivity index (χ2n) is 10.5. The van der Waals surface area contributed by atoms with Gasteiger partial charge in [0.2, 0.25) is 0 Å². The van der Waals surface area contributed by atoms with Gasteiger partial charge in [0.25, 0.3) is 0 Å². The molecule has 0 unspecified atom stereocenters. The van der Waals surface area contributed by atoms with Crippen molar-refractivity contribution in [3.05, 3.63) is 71.8 Å². The number of aryl methyl sites for hydroxylation is 1. The maximum absolute atomic E-state index is 8.58. The molecule has 2 aliphatic rings. The highest BCUT2D eigenvalue weighted by atomic mass is 14.3. The van der Waals surface area contributed by atoms with Gasteiger partial charge in [-0.25, -0.2) is 0 Å². The Morgan fingerprint density at radius 2 is 1.52 bits per heavy atom. The Hall–Kier alpha value is -2.07. The third-order valence-electron chi connectivity index (χ3n) is 8.23. The smallest absolute Gasteiger partial charge is 0.0912 e. The van der Waals surface area contributed by atoms with Crippen molar-refractivity contribution < 1.29 is 0 Å². The summed E-state index contributed by atoms with van der Waals surface area (Å²) < 4.78 is 0. The average molecular weight is 444 g/mol. The number of rotatable bonds is 11. The van der Waals surface area contributed by atoms with E-state index in [0.717, 1.165) is 17.8 Å². The summed E-state index contributed by atoms with van der Waals surface area (Å²) in [6, 6.07) is 11.7. The molecule has 1 nitrogen and oxygen atoms in total. The first-order valence-electron chi connectivity index (χ1n) is 13.7. The van der Waals surface area contributed by atoms with Gasteiger partial charge < -0.3 is 0 Å². The number of nitrogens with zero attached hydrogens (tertiary/aromatic N) is 1. The van der Waals surface area contributed by atoms with E-state index in [1.807, 2.05) is 18.2 Å². The molecule has 0 amide bonds. The number of benzene rings is 1. The highest BCUT2D eigenvalue weighted by Crippen LogP contribution is 2.43. The summed E-state index contributed by atoms with van der Waals surface area (Å²) in [5.74, 6) is 2.88. The Balaban J connectivity index is 1.38. The Bertz CT molecular complexity index is 790. The van der Waals surface area contributed by atoms with Crippen LogP contribution >= 0.6 is 0 Å². The molecule has 1 heteroatoms. The Labute approximate surface area is 203 Å². The monoisotopic (exact) mass is 443 g/mol. The minimum absolute atomic E-state index is 0.674. The van der Waals surface area contributed by atoms with Gasteiger partial charge in [0.1, 0.15) is 0 Å². The van der Waals surface area contributed by atoms with Crippen molar-refractivity contribution in [2.24, 2.45) is 17.8 Å². The third kappa shape index (κ3) is 8.33. The normalized spacial score (nSPS) is 25.9. The van der Waals surface area contributed by atoms with Crippen molar-refractivity contribution in [2.45, 2.75) is 103 Å². The van der Waals surface area contributed by atoms with Crippen LogP contribution in [0.5, 0.6) is 0 Å². The topological polar surface area (TPSA) is 23.8 Å². The van der Waals surface area contributed by atoms with Crippen LogP contribution in [0.2, 0.25) is 0 Å². The van der Waals surface area contributed by atoms with Gasteiger partial charge in [0.15, 0.2) is 0 Å². The zero-order valence-electron chi connectivity index (χ0n) is 21.0. The van der Waals surface area contributed by atoms with Gasteiger partial charge in [0.05, 0.1) is 6.07 Å². The number of allylic oxidation sites excluding steroid dienone is 5. The first kappa shape index (κ1) is 25.6. The molecule has 0 N–H and O–H groups in total. The Morgan fingerprint density at radius 3 is 2.15 bits per heavy atom. The molecule has 1 aromatic carbocycles. The summed E-state index contributed by atoms with van der Waals surface area (Å²) >= 11 is 0. The summed E-state index contributed by atoms with van der Waals surface area (Å²) in [6.07, 6.45) is 26.2. The van der Waals surface area contributed by atoms with Crippen LogP contribution < -0.4 is 0 Å². The van der Waals surface area contributed by atoms with Crippen LogP contribution in [-0.2, 0) is 6.42 Å². The second kappa shape index (κ2) is 14.2. The average Bonchev–Trinajstić information content (AvgIpc) is 2.87. The molecule has 0 radical (unpaired) electrons. The molecule has 178 valence electrons. The first-order valence-corrected chi connectivity index (χ1v) is 13.7. The van der Waals surface area contributed by atoms with Gasteiger partial charge in [-0.2, -0.15) is 5.26 Å². The van der Waals surface area contributed by atoms with Crippen LogP contribution in [0.3, 0.4) is 0 Å². The molecule has 3 rings (SSSR count). The van der Waals surface area contributed by atoms with Crippen LogP contribution in [0.25, 0.3) is 0 Å². The van der Waals surface area contributed by atoms with E-state index in [9.17, 15) is 0 Å². The molecule has 2 fully saturated rings. The van der Waals surface area contributed by atoms with E-state index >= 15 is 0 Å². The number of unbranched alkanes of at least 4 members (excludes halogenated alkanes) is 4. The highest BCUT2D eigenvalue weighted by molar-refractivity contribution is 5.26. The van der Waals surface area contributed by atoms with Crippen molar-refractivity contribution in [1.29, 1.82) is 5.26 Å². The standard InChI is InChI=1S/C32H45N/c1-3-4-5-6-8-11-28-15-19-31(20-16-28)32-23-21-30(22-24-32)26(2)29-17-13-27(14-18-29)12-9-7-10-25-33/h7,9-10,12,15-16,19-20,27,29-30,32H,2-6,8,11,13-14,17-18,21-24H2,1H3/b10-7+,12-9+. The van der Waals surface area contributed by atoms with Crippen molar-refractivity contribution in [1.82, 2.24) is 0 Å². The molecule has 0 bridgehead atoms. The molecular formula is C32H45N. The van der Waals surface area contributed by atoms with E-state index in [-0.39, 0.29) is 0 Å². The van der Waals surface area contributed by atoms with Crippen molar-refractivity contribution in [2.75, 3.05) is 0 Å². The molecule has 0 heterocycles. The van der Waals surface area contributed by atoms with E-state index in [1.54, 1.807) is 17.2 Å². The predicted octanol–water partition coefficient (Wildman–Crippen LogP) is 9.47. The molecule has 0 aromatic heterocycles. The lowest BCUT2D eigenvalue weighted by atomic mass is 9.70. The minimum Gasteiger partial charge on any atom is -0.193 e. The van der Waals surface area contributed by atoms with E-state index in [1.165, 1.54) is 95.5 Å². The van der Waals surface area contributed by atoms with E-state index in [0.29, 0.717) is 5.92 Å². The fourth-order valence-electron chi connectivity index (χ4n) is 6.02. The fraction of sp³-hybridized carbons (Fsp3) is 0.594. The number of nitriles is 1. The van der Waals surface area contributed by atoms with Gasteiger partial charge in [0, 0.05) is 6.08 Å². The maximum atomic E-state index is 8.58. The van der Waals surface area contributed by atoms with Crippen molar-refractivity contribution in [3.8, 4) is 6.07 Å². The molecule has 0 saturated heterocycles. The highest BCUT2D eigenvalue weighted by Gasteiger charge is 2.29. The second-order valence-corrected chi connectivity index (χ2v) is 10.5. The van der Waals surface area contributed by atoms with Crippen LogP contribution in [0.1, 0.15) is 107 Å². The van der Waals surface area contributed by atoms with Gasteiger partial charge in [-0.3, -0.25) is 0 Å². The molecule has 1 aromatic rings. The van der Waals surface area contributed by atoms with E-state index in [2.05, 4.69) is 43.8 Å². The molecule has 2 saturated carbocycles. The van der Waals surface area contributed by atoms with Crippen LogP contribution in [0.4, 0.5) is 0 Å². The lowest BCUT2D eigenvalue weighted by Crippen LogP contribution is -2.22. The zero-order valence-corrected chi connectivity index (χ0v) is 21.0. The lowest BCUT2D eigenvalue weighted by molar-refractivity contribution is 0.290. The summed E-state index contributed by atoms with van der Waals surface area (Å²) in [6.45, 7) is 6.89. The zero-order chi connectivity index (χ0) is 23.3. The minimum atomic E-state index is 0.674. The summed E-state index contributed by atoms with van der Waals surface area (Å²) in [5.41, 5.74) is 4.63. The molecule has 0 aliphatic heterocycles. The maximum Gasteiger partial charge on any atom is 0.0912 e. The third-order valence-corrected chi connectivity index (χ3v) is 8.23. The Kier molecular flexibility index (Phi) is 11.0. The predicted molar refractivity (Wildman–Crippen MR) is 142 cm³/mol. The van der Waals surface area contributed by atoms with Gasteiger partial charge >= 0.3 is 0 Å². The van der Waals surface area contributed by atoms with Gasteiger partial charge in [-0.15, -0.1) is 0 Å². The van der Waals surface area contributed by atoms with Crippen LogP contribution in [-0.4, -0.2) is 0 Å². The van der Waals surface area contributed by atoms with E-state index < -0.39 is 0 Å². The van der Waals surface area contributed by atoms with Crippen molar-refractivity contribution in [3.63, 3.8) is 0 Å². The number of hydrogen-bond acceptors (Lipinski definition) is 1. The molecule has 0 atom stereocenters. The lowest BCUT2D eigenvalue weighted by Gasteiger charge is -2.36. The van der Waals surface area contributed by atoms with Gasteiger partial charge in [-0.1, -0.05) is 87.3 Å². The summed E-state index contributed by atoms with van der Waals surface area (Å²) in [4.78, 5) is 0. The van der Waals surface area contributed by atoms with Gasteiger partial charge in [-0.05, 0) is 99.0 Å². The Morgan fingerprint density at radius 1 is 0.879 bits per heavy atom. The van der Waals surface area contributed by atoms with Crippen LogP contribution in [0.15, 0.2) is 60.7 Å². The molecule has 2 aliphatic carbocycles.